The molecule has 2 heterocycles. The number of hydrogen-bond donors (Lipinski definition) is 3. The van der Waals surface area contributed by atoms with Crippen molar-refractivity contribution < 1.29 is 23.0 Å². The van der Waals surface area contributed by atoms with Crippen molar-refractivity contribution in [3.8, 4) is 22.3 Å². The van der Waals surface area contributed by atoms with Gasteiger partial charge in [-0.1, -0.05) is 18.2 Å². The lowest BCUT2D eigenvalue weighted by Crippen LogP contribution is -2.12. The van der Waals surface area contributed by atoms with Crippen LogP contribution >= 0.6 is 11.3 Å². The van der Waals surface area contributed by atoms with Gasteiger partial charge in [0.05, 0.1) is 4.90 Å². The highest BCUT2D eigenvalue weighted by Crippen LogP contribution is 2.46. The highest BCUT2D eigenvalue weighted by molar-refractivity contribution is 7.92. The first-order valence-electron chi connectivity index (χ1n) is 6.01. The molecule has 0 aliphatic heterocycles. The van der Waals surface area contributed by atoms with E-state index >= 15 is 0 Å². The van der Waals surface area contributed by atoms with E-state index in [1.54, 1.807) is 23.6 Å². The van der Waals surface area contributed by atoms with E-state index in [2.05, 4.69) is 9.71 Å². The lowest BCUT2D eigenvalue weighted by Gasteiger charge is -2.05. The molecule has 3 rings (SSSR count). The standard InChI is InChI=1S/C13H10N2O5S2/c16-9-10(17)12(20-11(9)13-14-6-7-21-13)15-22(18,19)8-4-2-1-3-5-8/h1-7,15-17H. The topological polar surface area (TPSA) is 113 Å². The zero-order chi connectivity index (χ0) is 15.7. The average molecular weight is 338 g/mol. The molecular weight excluding hydrogens is 328 g/mol. The molecule has 0 saturated carbocycles. The minimum atomic E-state index is -3.94. The number of sulfonamides is 1. The van der Waals surface area contributed by atoms with Crippen LogP contribution in [0.4, 0.5) is 5.88 Å². The van der Waals surface area contributed by atoms with Crippen molar-refractivity contribution in [3.63, 3.8) is 0 Å². The Morgan fingerprint density at radius 3 is 2.50 bits per heavy atom. The van der Waals surface area contributed by atoms with Crippen molar-refractivity contribution in [3.05, 3.63) is 41.9 Å². The number of thiazole rings is 1. The van der Waals surface area contributed by atoms with Gasteiger partial charge < -0.3 is 14.6 Å². The fourth-order valence-electron chi connectivity index (χ4n) is 1.74. The first-order valence-corrected chi connectivity index (χ1v) is 8.38. The van der Waals surface area contributed by atoms with E-state index in [0.29, 0.717) is 5.01 Å². The number of nitrogens with zero attached hydrogens (tertiary/aromatic N) is 1. The smallest absolute Gasteiger partial charge is 0.264 e. The summed E-state index contributed by atoms with van der Waals surface area (Å²) < 4.78 is 31.7. The molecule has 0 amide bonds. The fourth-order valence-corrected chi connectivity index (χ4v) is 3.38. The van der Waals surface area contributed by atoms with E-state index in [4.69, 9.17) is 4.42 Å². The zero-order valence-electron chi connectivity index (χ0n) is 10.9. The van der Waals surface area contributed by atoms with Gasteiger partial charge in [-0.25, -0.2) is 18.1 Å². The Kier molecular flexibility index (Phi) is 3.51. The Hall–Kier alpha value is -2.52. The van der Waals surface area contributed by atoms with Gasteiger partial charge in [0.25, 0.3) is 15.9 Å². The number of nitrogens with one attached hydrogen (secondary N) is 1. The third-order valence-electron chi connectivity index (χ3n) is 2.77. The third-order valence-corrected chi connectivity index (χ3v) is 4.88. The summed E-state index contributed by atoms with van der Waals surface area (Å²) in [6.07, 6.45) is 1.49. The van der Waals surface area contributed by atoms with Gasteiger partial charge in [0.1, 0.15) is 0 Å². The predicted octanol–water partition coefficient (Wildman–Crippen LogP) is 2.62. The van der Waals surface area contributed by atoms with Crippen LogP contribution in [0.3, 0.4) is 0 Å². The Balaban J connectivity index is 1.99. The minimum absolute atomic E-state index is 0.00101. The molecule has 9 heteroatoms. The van der Waals surface area contributed by atoms with Crippen LogP contribution in [0.25, 0.3) is 10.8 Å². The number of aromatic nitrogens is 1. The van der Waals surface area contributed by atoms with Gasteiger partial charge in [-0.3, -0.25) is 0 Å². The second kappa shape index (κ2) is 5.35. The summed E-state index contributed by atoms with van der Waals surface area (Å²) in [5.41, 5.74) is 0. The number of furan rings is 1. The first kappa shape index (κ1) is 14.4. The number of anilines is 1. The van der Waals surface area contributed by atoms with Crippen LogP contribution in [-0.2, 0) is 10.0 Å². The molecule has 2 aromatic heterocycles. The number of hydrogen-bond acceptors (Lipinski definition) is 7. The molecule has 3 aromatic rings. The van der Waals surface area contributed by atoms with Gasteiger partial charge in [0.15, 0.2) is 5.01 Å². The van der Waals surface area contributed by atoms with E-state index in [1.807, 2.05) is 0 Å². The van der Waals surface area contributed by atoms with Gasteiger partial charge in [-0.15, -0.1) is 11.3 Å². The molecule has 0 spiro atoms. The van der Waals surface area contributed by atoms with Crippen molar-refractivity contribution in [1.29, 1.82) is 0 Å². The molecule has 3 N–H and O–H groups in total. The fraction of sp³-hybridized carbons (Fsp3) is 0. The SMILES string of the molecule is O=S(=O)(Nc1oc(-c2nccs2)c(O)c1O)c1ccccc1. The summed E-state index contributed by atoms with van der Waals surface area (Å²) in [6, 6.07) is 7.59. The molecule has 0 aliphatic rings. The molecular formula is C13H10N2O5S2. The van der Waals surface area contributed by atoms with E-state index in [-0.39, 0.29) is 10.7 Å². The predicted molar refractivity (Wildman–Crippen MR) is 80.4 cm³/mol. The summed E-state index contributed by atoms with van der Waals surface area (Å²) in [5.74, 6) is -1.82. The quantitative estimate of drug-likeness (QED) is 0.674. The van der Waals surface area contributed by atoms with Crippen molar-refractivity contribution >= 4 is 27.2 Å². The average Bonchev–Trinajstić information content (AvgIpc) is 3.12. The second-order valence-corrected chi connectivity index (χ2v) is 6.79. The molecule has 114 valence electrons. The molecule has 0 bridgehead atoms. The Labute approximate surface area is 129 Å². The maximum absolute atomic E-state index is 12.2. The molecule has 0 fully saturated rings. The lowest BCUT2D eigenvalue weighted by molar-refractivity contribution is 0.410. The van der Waals surface area contributed by atoms with Gasteiger partial charge in [0, 0.05) is 11.6 Å². The van der Waals surface area contributed by atoms with E-state index in [9.17, 15) is 18.6 Å². The van der Waals surface area contributed by atoms with Crippen molar-refractivity contribution in [2.75, 3.05) is 4.72 Å². The maximum Gasteiger partial charge on any atom is 0.264 e. The number of rotatable bonds is 4. The van der Waals surface area contributed by atoms with Crippen LogP contribution in [-0.4, -0.2) is 23.6 Å². The van der Waals surface area contributed by atoms with Crippen LogP contribution in [0, 0.1) is 0 Å². The highest BCUT2D eigenvalue weighted by Gasteiger charge is 2.26. The normalized spacial score (nSPS) is 11.5. The Morgan fingerprint density at radius 1 is 1.14 bits per heavy atom. The van der Waals surface area contributed by atoms with Crippen molar-refractivity contribution in [1.82, 2.24) is 4.98 Å². The van der Waals surface area contributed by atoms with Gasteiger partial charge in [-0.2, -0.15) is 0 Å². The van der Waals surface area contributed by atoms with Crippen LogP contribution in [0.2, 0.25) is 0 Å². The lowest BCUT2D eigenvalue weighted by atomic mass is 10.4. The first-order chi connectivity index (χ1) is 10.5. The van der Waals surface area contributed by atoms with Gasteiger partial charge >= 0.3 is 0 Å². The summed E-state index contributed by atoms with van der Waals surface area (Å²) in [5, 5.41) is 21.7. The number of benzene rings is 1. The summed E-state index contributed by atoms with van der Waals surface area (Å²) in [4.78, 5) is 3.93. The van der Waals surface area contributed by atoms with Crippen LogP contribution in [0.15, 0.2) is 51.2 Å². The van der Waals surface area contributed by atoms with Crippen LogP contribution in [0.1, 0.15) is 0 Å². The molecule has 1 aromatic carbocycles. The van der Waals surface area contributed by atoms with Crippen molar-refractivity contribution in [2.24, 2.45) is 0 Å². The molecule has 0 aliphatic carbocycles. The van der Waals surface area contributed by atoms with Gasteiger partial charge in [0.2, 0.25) is 17.3 Å². The monoisotopic (exact) mass is 338 g/mol. The van der Waals surface area contributed by atoms with E-state index in [0.717, 1.165) is 0 Å². The highest BCUT2D eigenvalue weighted by atomic mass is 32.2. The van der Waals surface area contributed by atoms with Gasteiger partial charge in [-0.05, 0) is 12.1 Å². The van der Waals surface area contributed by atoms with Crippen LogP contribution < -0.4 is 4.72 Å². The largest absolute Gasteiger partial charge is 0.501 e. The van der Waals surface area contributed by atoms with Crippen molar-refractivity contribution in [2.45, 2.75) is 4.90 Å². The zero-order valence-corrected chi connectivity index (χ0v) is 12.6. The Morgan fingerprint density at radius 2 is 1.86 bits per heavy atom. The van der Waals surface area contributed by atoms with Crippen LogP contribution in [0.5, 0.6) is 11.5 Å². The molecule has 0 unspecified atom stereocenters. The molecule has 0 radical (unpaired) electrons. The molecule has 0 saturated heterocycles. The molecule has 7 nitrogen and oxygen atoms in total. The summed E-state index contributed by atoms with van der Waals surface area (Å²) >= 11 is 1.17. The molecule has 0 atom stereocenters. The summed E-state index contributed by atoms with van der Waals surface area (Å²) in [7, 11) is -3.94. The second-order valence-electron chi connectivity index (χ2n) is 4.21. The third kappa shape index (κ3) is 2.51. The number of aromatic hydroxyl groups is 2. The van der Waals surface area contributed by atoms with E-state index < -0.39 is 27.4 Å². The summed E-state index contributed by atoms with van der Waals surface area (Å²) in [6.45, 7) is 0. The minimum Gasteiger partial charge on any atom is -0.501 e. The molecule has 22 heavy (non-hydrogen) atoms. The van der Waals surface area contributed by atoms with E-state index in [1.165, 1.54) is 29.7 Å². The maximum atomic E-state index is 12.2. The Bertz CT molecular complexity index is 886.